The van der Waals surface area contributed by atoms with Crippen LogP contribution in [-0.2, 0) is 4.74 Å². The summed E-state index contributed by atoms with van der Waals surface area (Å²) in [4.78, 5) is 30.4. The summed E-state index contributed by atoms with van der Waals surface area (Å²) in [5.41, 5.74) is 4.77. The number of para-hydroxylation sites is 2. The number of ether oxygens (including phenoxy) is 2. The zero-order valence-corrected chi connectivity index (χ0v) is 22.8. The summed E-state index contributed by atoms with van der Waals surface area (Å²) < 4.78 is 10.6. The number of nitrogens with zero attached hydrogens (tertiary/aromatic N) is 2. The zero-order valence-electron chi connectivity index (χ0n) is 22.8. The van der Waals surface area contributed by atoms with Gasteiger partial charge in [-0.3, -0.25) is 4.79 Å². The van der Waals surface area contributed by atoms with Crippen molar-refractivity contribution in [2.75, 3.05) is 74.0 Å². The van der Waals surface area contributed by atoms with E-state index in [0.717, 1.165) is 48.9 Å². The molecule has 0 spiro atoms. The molecule has 3 amide bonds. The number of benzene rings is 3. The summed E-state index contributed by atoms with van der Waals surface area (Å²) in [6.07, 6.45) is 0.714. The lowest BCUT2D eigenvalue weighted by atomic mass is 10.1. The van der Waals surface area contributed by atoms with E-state index in [1.54, 1.807) is 20.3 Å². The number of piperazine rings is 1. The van der Waals surface area contributed by atoms with Gasteiger partial charge in [0.1, 0.15) is 5.75 Å². The predicted octanol–water partition coefficient (Wildman–Crippen LogP) is 4.74. The largest absolute Gasteiger partial charge is 0.495 e. The molecule has 1 aliphatic rings. The summed E-state index contributed by atoms with van der Waals surface area (Å²) in [7, 11) is 3.32. The summed E-state index contributed by atoms with van der Waals surface area (Å²) in [6.45, 7) is 6.11. The predicted molar refractivity (Wildman–Crippen MR) is 157 cm³/mol. The molecule has 1 fully saturated rings. The Balaban J connectivity index is 1.49. The van der Waals surface area contributed by atoms with Crippen molar-refractivity contribution in [3.05, 3.63) is 77.9 Å². The molecular formula is C30H37N5O4. The van der Waals surface area contributed by atoms with E-state index in [0.29, 0.717) is 36.5 Å². The highest BCUT2D eigenvalue weighted by Gasteiger charge is 2.24. The van der Waals surface area contributed by atoms with Crippen LogP contribution in [0.15, 0.2) is 66.7 Å². The van der Waals surface area contributed by atoms with Crippen LogP contribution in [0.1, 0.15) is 22.3 Å². The summed E-state index contributed by atoms with van der Waals surface area (Å²) in [5.74, 6) is 0.664. The molecule has 1 saturated heterocycles. The standard InChI is InChI=1S/C30H37N5O4/c1-22-9-11-23(12-10-22)32-30(37)33-24-13-14-26(25(21-24)29(36)31-15-6-20-38-2)34-16-18-35(19-17-34)27-7-4-5-8-28(27)39-3/h4-5,7-14,21H,6,15-20H2,1-3H3,(H,31,36)(H2,32,33,37). The number of rotatable bonds is 10. The molecule has 0 atom stereocenters. The fraction of sp³-hybridized carbons (Fsp3) is 0.333. The Bertz CT molecular complexity index is 1260. The third kappa shape index (κ3) is 7.42. The van der Waals surface area contributed by atoms with Gasteiger partial charge >= 0.3 is 6.03 Å². The molecule has 3 aromatic rings. The minimum absolute atomic E-state index is 0.184. The normalized spacial score (nSPS) is 13.1. The first-order valence-corrected chi connectivity index (χ1v) is 13.2. The van der Waals surface area contributed by atoms with Crippen LogP contribution in [0.4, 0.5) is 27.5 Å². The van der Waals surface area contributed by atoms with Gasteiger partial charge in [0, 0.05) is 63.5 Å². The van der Waals surface area contributed by atoms with Crippen molar-refractivity contribution in [1.29, 1.82) is 0 Å². The smallest absolute Gasteiger partial charge is 0.323 e. The van der Waals surface area contributed by atoms with Gasteiger partial charge in [-0.2, -0.15) is 0 Å². The number of hydrogen-bond donors (Lipinski definition) is 3. The molecule has 9 heteroatoms. The summed E-state index contributed by atoms with van der Waals surface area (Å²) in [5, 5.41) is 8.68. The van der Waals surface area contributed by atoms with E-state index in [1.807, 2.05) is 61.5 Å². The molecule has 0 bridgehead atoms. The molecule has 9 nitrogen and oxygen atoms in total. The van der Waals surface area contributed by atoms with Crippen LogP contribution in [0.2, 0.25) is 0 Å². The van der Waals surface area contributed by atoms with E-state index in [4.69, 9.17) is 9.47 Å². The van der Waals surface area contributed by atoms with Crippen LogP contribution in [0.3, 0.4) is 0 Å². The Kier molecular flexibility index (Phi) is 9.64. The van der Waals surface area contributed by atoms with E-state index in [9.17, 15) is 9.59 Å². The average Bonchev–Trinajstić information content (AvgIpc) is 2.96. The van der Waals surface area contributed by atoms with Gasteiger partial charge in [0.2, 0.25) is 0 Å². The number of aryl methyl sites for hydroxylation is 1. The number of urea groups is 1. The third-order valence-electron chi connectivity index (χ3n) is 6.67. The molecule has 1 aliphatic heterocycles. The number of amides is 3. The molecular weight excluding hydrogens is 494 g/mol. The van der Waals surface area contributed by atoms with Gasteiger partial charge in [0.15, 0.2) is 0 Å². The van der Waals surface area contributed by atoms with Gasteiger partial charge in [-0.05, 0) is 55.8 Å². The summed E-state index contributed by atoms with van der Waals surface area (Å²) >= 11 is 0. The van der Waals surface area contributed by atoms with Gasteiger partial charge in [0.05, 0.1) is 18.4 Å². The highest BCUT2D eigenvalue weighted by atomic mass is 16.5. The molecule has 0 aromatic heterocycles. The second kappa shape index (κ2) is 13.5. The van der Waals surface area contributed by atoms with Crippen LogP contribution >= 0.6 is 0 Å². The van der Waals surface area contributed by atoms with E-state index in [1.165, 1.54) is 0 Å². The molecule has 0 aliphatic carbocycles. The van der Waals surface area contributed by atoms with Gasteiger partial charge in [0.25, 0.3) is 5.91 Å². The van der Waals surface area contributed by atoms with Crippen molar-refractivity contribution in [3.8, 4) is 5.75 Å². The van der Waals surface area contributed by atoms with E-state index >= 15 is 0 Å². The molecule has 3 aromatic carbocycles. The van der Waals surface area contributed by atoms with Crippen molar-refractivity contribution < 1.29 is 19.1 Å². The lowest BCUT2D eigenvalue weighted by Gasteiger charge is -2.38. The van der Waals surface area contributed by atoms with Crippen molar-refractivity contribution >= 4 is 34.7 Å². The first-order valence-electron chi connectivity index (χ1n) is 13.2. The lowest BCUT2D eigenvalue weighted by molar-refractivity contribution is 0.0949. The van der Waals surface area contributed by atoms with Crippen LogP contribution in [0.5, 0.6) is 5.75 Å². The zero-order chi connectivity index (χ0) is 27.6. The Hall–Kier alpha value is -4.24. The van der Waals surface area contributed by atoms with Crippen LogP contribution in [0, 0.1) is 6.92 Å². The Labute approximate surface area is 230 Å². The Morgan fingerprint density at radius 3 is 2.15 bits per heavy atom. The van der Waals surface area contributed by atoms with Crippen LogP contribution in [0.25, 0.3) is 0 Å². The maximum absolute atomic E-state index is 13.3. The second-order valence-electron chi connectivity index (χ2n) is 9.43. The van der Waals surface area contributed by atoms with Gasteiger partial charge in [-0.15, -0.1) is 0 Å². The lowest BCUT2D eigenvalue weighted by Crippen LogP contribution is -2.47. The van der Waals surface area contributed by atoms with Crippen molar-refractivity contribution in [2.24, 2.45) is 0 Å². The first-order chi connectivity index (χ1) is 19.0. The topological polar surface area (TPSA) is 95.2 Å². The first kappa shape index (κ1) is 27.8. The number of nitrogens with one attached hydrogen (secondary N) is 3. The SMILES string of the molecule is COCCCNC(=O)c1cc(NC(=O)Nc2ccc(C)cc2)ccc1N1CCN(c2ccccc2OC)CC1. The Morgan fingerprint density at radius 1 is 0.821 bits per heavy atom. The third-order valence-corrected chi connectivity index (χ3v) is 6.67. The number of anilines is 4. The molecule has 39 heavy (non-hydrogen) atoms. The molecule has 0 radical (unpaired) electrons. The number of methoxy groups -OCH3 is 2. The highest BCUT2D eigenvalue weighted by molar-refractivity contribution is 6.04. The van der Waals surface area contributed by atoms with Crippen LogP contribution in [-0.4, -0.2) is 65.5 Å². The molecule has 4 rings (SSSR count). The fourth-order valence-corrected chi connectivity index (χ4v) is 4.59. The maximum Gasteiger partial charge on any atom is 0.323 e. The molecule has 0 saturated carbocycles. The number of carbonyl (C=O) groups is 2. The minimum Gasteiger partial charge on any atom is -0.495 e. The van der Waals surface area contributed by atoms with Gasteiger partial charge in [-0.25, -0.2) is 4.79 Å². The van der Waals surface area contributed by atoms with Crippen LogP contribution < -0.4 is 30.5 Å². The van der Waals surface area contributed by atoms with Gasteiger partial charge < -0.3 is 35.2 Å². The fourth-order valence-electron chi connectivity index (χ4n) is 4.59. The molecule has 1 heterocycles. The van der Waals surface area contributed by atoms with E-state index in [-0.39, 0.29) is 11.9 Å². The van der Waals surface area contributed by atoms with Gasteiger partial charge in [-0.1, -0.05) is 29.8 Å². The second-order valence-corrected chi connectivity index (χ2v) is 9.43. The molecule has 206 valence electrons. The summed E-state index contributed by atoms with van der Waals surface area (Å²) in [6, 6.07) is 20.7. The Morgan fingerprint density at radius 2 is 1.46 bits per heavy atom. The van der Waals surface area contributed by atoms with Crippen molar-refractivity contribution in [3.63, 3.8) is 0 Å². The van der Waals surface area contributed by atoms with E-state index < -0.39 is 0 Å². The molecule has 3 N–H and O–H groups in total. The number of carbonyl (C=O) groups excluding carboxylic acids is 2. The monoisotopic (exact) mass is 531 g/mol. The maximum atomic E-state index is 13.3. The van der Waals surface area contributed by atoms with E-state index in [2.05, 4.69) is 31.8 Å². The average molecular weight is 532 g/mol. The molecule has 0 unspecified atom stereocenters. The van der Waals surface area contributed by atoms with Crippen molar-refractivity contribution in [1.82, 2.24) is 5.32 Å². The van der Waals surface area contributed by atoms with Crippen molar-refractivity contribution in [2.45, 2.75) is 13.3 Å². The highest BCUT2D eigenvalue weighted by Crippen LogP contribution is 2.31. The quantitative estimate of drug-likeness (QED) is 0.327. The minimum atomic E-state index is -0.372. The number of hydrogen-bond acceptors (Lipinski definition) is 6.